The molecule has 0 saturated carbocycles. The van der Waals surface area contributed by atoms with Gasteiger partial charge in [-0.15, -0.1) is 0 Å². The molecule has 3 aromatic rings. The van der Waals surface area contributed by atoms with Crippen LogP contribution in [0.15, 0.2) is 40.1 Å². The van der Waals surface area contributed by atoms with Crippen LogP contribution in [0.1, 0.15) is 22.8 Å². The van der Waals surface area contributed by atoms with E-state index in [2.05, 4.69) is 15.6 Å². The van der Waals surface area contributed by atoms with Gasteiger partial charge in [-0.1, -0.05) is 6.07 Å². The molecule has 28 heavy (non-hydrogen) atoms. The van der Waals surface area contributed by atoms with E-state index in [9.17, 15) is 19.2 Å². The average Bonchev–Trinajstić information content (AvgIpc) is 2.66. The lowest BCUT2D eigenvalue weighted by Gasteiger charge is -2.12. The Morgan fingerprint density at radius 3 is 2.43 bits per heavy atom. The average molecular weight is 381 g/mol. The first-order valence-corrected chi connectivity index (χ1v) is 8.44. The standard InChI is InChI=1S/C19H19N5O4/c1-10-5-6-13(21-11(2)25)8-15(10)22-17(26)12-7-14-16(20-9-12)23(3)19(28)24(4)18(14)27/h5-9H,1-4H3,(H,21,25)(H,22,26). The molecule has 0 fully saturated rings. The van der Waals surface area contributed by atoms with Crippen LogP contribution in [0.3, 0.4) is 0 Å². The highest BCUT2D eigenvalue weighted by molar-refractivity contribution is 6.06. The topological polar surface area (TPSA) is 115 Å². The van der Waals surface area contributed by atoms with Crippen LogP contribution in [0.2, 0.25) is 0 Å². The van der Waals surface area contributed by atoms with Crippen molar-refractivity contribution in [1.29, 1.82) is 0 Å². The van der Waals surface area contributed by atoms with Crippen LogP contribution >= 0.6 is 0 Å². The van der Waals surface area contributed by atoms with Crippen LogP contribution in [0.25, 0.3) is 11.0 Å². The van der Waals surface area contributed by atoms with E-state index in [1.807, 2.05) is 6.92 Å². The number of aromatic nitrogens is 3. The minimum atomic E-state index is -0.524. The second-order valence-electron chi connectivity index (χ2n) is 6.47. The van der Waals surface area contributed by atoms with E-state index in [4.69, 9.17) is 0 Å². The van der Waals surface area contributed by atoms with Crippen molar-refractivity contribution in [3.05, 3.63) is 62.4 Å². The molecule has 0 saturated heterocycles. The first kappa shape index (κ1) is 19.0. The Labute approximate surface area is 159 Å². The number of carbonyl (C=O) groups is 2. The van der Waals surface area contributed by atoms with E-state index in [0.29, 0.717) is 11.4 Å². The van der Waals surface area contributed by atoms with E-state index < -0.39 is 17.2 Å². The highest BCUT2D eigenvalue weighted by Crippen LogP contribution is 2.21. The van der Waals surface area contributed by atoms with Crippen LogP contribution in [0, 0.1) is 6.92 Å². The number of anilines is 2. The van der Waals surface area contributed by atoms with Gasteiger partial charge in [0.15, 0.2) is 0 Å². The van der Waals surface area contributed by atoms with Gasteiger partial charge in [-0.05, 0) is 30.7 Å². The van der Waals surface area contributed by atoms with Crippen LogP contribution in [-0.2, 0) is 18.9 Å². The summed E-state index contributed by atoms with van der Waals surface area (Å²) in [6.45, 7) is 3.21. The Morgan fingerprint density at radius 2 is 1.75 bits per heavy atom. The first-order valence-electron chi connectivity index (χ1n) is 8.44. The molecular weight excluding hydrogens is 362 g/mol. The van der Waals surface area contributed by atoms with Crippen LogP contribution in [-0.4, -0.2) is 25.9 Å². The van der Waals surface area contributed by atoms with Crippen LogP contribution in [0.5, 0.6) is 0 Å². The summed E-state index contributed by atoms with van der Waals surface area (Å²) in [6.07, 6.45) is 1.31. The molecular formula is C19H19N5O4. The lowest BCUT2D eigenvalue weighted by atomic mass is 10.1. The Kier molecular flexibility index (Phi) is 4.83. The maximum atomic E-state index is 12.7. The zero-order valence-electron chi connectivity index (χ0n) is 15.9. The summed E-state index contributed by atoms with van der Waals surface area (Å²) < 4.78 is 2.21. The molecule has 0 unspecified atom stereocenters. The highest BCUT2D eigenvalue weighted by Gasteiger charge is 2.14. The second-order valence-corrected chi connectivity index (χ2v) is 6.47. The lowest BCUT2D eigenvalue weighted by Crippen LogP contribution is -2.37. The van der Waals surface area contributed by atoms with Crippen molar-refractivity contribution in [1.82, 2.24) is 14.1 Å². The van der Waals surface area contributed by atoms with Gasteiger partial charge in [-0.25, -0.2) is 9.78 Å². The molecule has 9 nitrogen and oxygen atoms in total. The maximum absolute atomic E-state index is 12.7. The van der Waals surface area contributed by atoms with Gasteiger partial charge < -0.3 is 10.6 Å². The van der Waals surface area contributed by atoms with Gasteiger partial charge in [0.1, 0.15) is 5.65 Å². The third-order valence-corrected chi connectivity index (χ3v) is 4.36. The number of nitrogens with zero attached hydrogens (tertiary/aromatic N) is 3. The largest absolute Gasteiger partial charge is 0.332 e. The van der Waals surface area contributed by atoms with Crippen molar-refractivity contribution in [2.75, 3.05) is 10.6 Å². The van der Waals surface area contributed by atoms with Crippen molar-refractivity contribution >= 4 is 34.2 Å². The zero-order valence-corrected chi connectivity index (χ0v) is 15.9. The number of nitrogens with one attached hydrogen (secondary N) is 2. The third kappa shape index (κ3) is 3.41. The van der Waals surface area contributed by atoms with E-state index in [-0.39, 0.29) is 22.5 Å². The zero-order chi connectivity index (χ0) is 20.6. The maximum Gasteiger partial charge on any atom is 0.332 e. The predicted molar refractivity (Wildman–Crippen MR) is 106 cm³/mol. The van der Waals surface area contributed by atoms with Crippen molar-refractivity contribution in [3.63, 3.8) is 0 Å². The van der Waals surface area contributed by atoms with Crippen molar-refractivity contribution in [3.8, 4) is 0 Å². The van der Waals surface area contributed by atoms with Crippen molar-refractivity contribution < 1.29 is 9.59 Å². The summed E-state index contributed by atoms with van der Waals surface area (Å²) in [7, 11) is 2.88. The number of hydrogen-bond acceptors (Lipinski definition) is 5. The number of aryl methyl sites for hydroxylation is 2. The van der Waals surface area contributed by atoms with Gasteiger partial charge in [0, 0.05) is 38.6 Å². The predicted octanol–water partition coefficient (Wildman–Crippen LogP) is 1.15. The number of fused-ring (bicyclic) bond motifs is 1. The van der Waals surface area contributed by atoms with Gasteiger partial charge in [0.25, 0.3) is 11.5 Å². The van der Waals surface area contributed by atoms with Crippen LogP contribution in [0.4, 0.5) is 11.4 Å². The van der Waals surface area contributed by atoms with Gasteiger partial charge in [0.05, 0.1) is 10.9 Å². The molecule has 2 heterocycles. The Hall–Kier alpha value is -3.75. The number of amides is 2. The summed E-state index contributed by atoms with van der Waals surface area (Å²) >= 11 is 0. The van der Waals surface area contributed by atoms with Gasteiger partial charge >= 0.3 is 5.69 Å². The smallest absolute Gasteiger partial charge is 0.326 e. The fraction of sp³-hybridized carbons (Fsp3) is 0.211. The molecule has 0 radical (unpaired) electrons. The van der Waals surface area contributed by atoms with Crippen LogP contribution < -0.4 is 21.9 Å². The molecule has 1 aromatic carbocycles. The summed E-state index contributed by atoms with van der Waals surface area (Å²) in [5, 5.41) is 5.58. The second kappa shape index (κ2) is 7.10. The molecule has 2 N–H and O–H groups in total. The molecule has 3 rings (SSSR count). The molecule has 0 aliphatic rings. The fourth-order valence-corrected chi connectivity index (χ4v) is 2.82. The number of rotatable bonds is 3. The number of benzene rings is 1. The molecule has 0 bridgehead atoms. The van der Waals surface area contributed by atoms with Gasteiger partial charge in [-0.3, -0.25) is 23.5 Å². The lowest BCUT2D eigenvalue weighted by molar-refractivity contribution is -0.114. The van der Waals surface area contributed by atoms with E-state index in [0.717, 1.165) is 10.1 Å². The Morgan fingerprint density at radius 1 is 1.04 bits per heavy atom. The monoisotopic (exact) mass is 381 g/mol. The molecule has 144 valence electrons. The Balaban J connectivity index is 2.00. The molecule has 0 aliphatic heterocycles. The number of carbonyl (C=O) groups excluding carboxylic acids is 2. The van der Waals surface area contributed by atoms with E-state index in [1.165, 1.54) is 37.8 Å². The molecule has 9 heteroatoms. The van der Waals surface area contributed by atoms with E-state index in [1.54, 1.807) is 18.2 Å². The molecule has 0 aliphatic carbocycles. The SMILES string of the molecule is CC(=O)Nc1ccc(C)c(NC(=O)c2cnc3c(c2)c(=O)n(C)c(=O)n3C)c1. The normalized spacial score (nSPS) is 10.7. The fourth-order valence-electron chi connectivity index (χ4n) is 2.82. The summed E-state index contributed by atoms with van der Waals surface area (Å²) in [5.74, 6) is -0.685. The molecule has 0 spiro atoms. The first-order chi connectivity index (χ1) is 13.2. The minimum absolute atomic E-state index is 0.168. The van der Waals surface area contributed by atoms with Crippen molar-refractivity contribution in [2.45, 2.75) is 13.8 Å². The minimum Gasteiger partial charge on any atom is -0.326 e. The highest BCUT2D eigenvalue weighted by atomic mass is 16.2. The molecule has 2 amide bonds. The quantitative estimate of drug-likeness (QED) is 0.706. The summed E-state index contributed by atoms with van der Waals surface area (Å²) in [5.41, 5.74) is 1.23. The van der Waals surface area contributed by atoms with Crippen molar-refractivity contribution in [2.24, 2.45) is 14.1 Å². The third-order valence-electron chi connectivity index (χ3n) is 4.36. The Bertz CT molecular complexity index is 1240. The van der Waals surface area contributed by atoms with E-state index >= 15 is 0 Å². The van der Waals surface area contributed by atoms with Gasteiger partial charge in [-0.2, -0.15) is 0 Å². The molecule has 0 atom stereocenters. The number of pyridine rings is 1. The molecule has 2 aromatic heterocycles. The summed E-state index contributed by atoms with van der Waals surface area (Å²) in [6, 6.07) is 6.55. The summed E-state index contributed by atoms with van der Waals surface area (Å²) in [4.78, 5) is 52.4. The number of hydrogen-bond donors (Lipinski definition) is 2. The van der Waals surface area contributed by atoms with Gasteiger partial charge in [0.2, 0.25) is 5.91 Å².